The first-order chi connectivity index (χ1) is 9.13. The molecule has 3 rings (SSSR count). The highest BCUT2D eigenvalue weighted by Crippen LogP contribution is 2.30. The number of aryl methyl sites for hydroxylation is 1. The van der Waals surface area contributed by atoms with Crippen molar-refractivity contribution in [2.45, 2.75) is 44.7 Å². The number of rotatable bonds is 2. The fraction of sp³-hybridized carbons (Fsp3) is 0.625. The number of halogens is 1. The molecule has 0 saturated carbocycles. The number of hydrogen-bond acceptors (Lipinski definition) is 2. The summed E-state index contributed by atoms with van der Waals surface area (Å²) in [7, 11) is 0. The first-order valence-corrected chi connectivity index (χ1v) is 8.19. The molecule has 1 aromatic rings. The SMILES string of the molecule is CC(N)C1CCN(C2CCc3cc(Br)ccc3C2)C1. The molecule has 3 atom stereocenters. The first-order valence-electron chi connectivity index (χ1n) is 7.40. The zero-order valence-corrected chi connectivity index (χ0v) is 13.2. The summed E-state index contributed by atoms with van der Waals surface area (Å²) < 4.78 is 1.21. The van der Waals surface area contributed by atoms with E-state index in [0.29, 0.717) is 12.0 Å². The Morgan fingerprint density at radius 2 is 2.16 bits per heavy atom. The molecule has 0 amide bonds. The molecule has 1 heterocycles. The van der Waals surface area contributed by atoms with Gasteiger partial charge in [-0.15, -0.1) is 0 Å². The molecule has 104 valence electrons. The van der Waals surface area contributed by atoms with Crippen molar-refractivity contribution in [2.75, 3.05) is 13.1 Å². The summed E-state index contributed by atoms with van der Waals surface area (Å²) in [6, 6.07) is 7.84. The maximum absolute atomic E-state index is 6.05. The Bertz CT molecular complexity index is 458. The van der Waals surface area contributed by atoms with Crippen molar-refractivity contribution < 1.29 is 0 Å². The van der Waals surface area contributed by atoms with Crippen LogP contribution in [0.3, 0.4) is 0 Å². The van der Waals surface area contributed by atoms with Crippen LogP contribution in [-0.4, -0.2) is 30.1 Å². The maximum Gasteiger partial charge on any atom is 0.0178 e. The Labute approximate surface area is 124 Å². The Kier molecular flexibility index (Phi) is 3.97. The number of hydrogen-bond donors (Lipinski definition) is 1. The fourth-order valence-corrected chi connectivity index (χ4v) is 4.00. The molecular weight excluding hydrogens is 300 g/mol. The summed E-state index contributed by atoms with van der Waals surface area (Å²) in [4.78, 5) is 2.68. The smallest absolute Gasteiger partial charge is 0.0178 e. The number of fused-ring (bicyclic) bond motifs is 1. The molecular formula is C16H23BrN2. The lowest BCUT2D eigenvalue weighted by atomic mass is 9.87. The van der Waals surface area contributed by atoms with E-state index in [9.17, 15) is 0 Å². The predicted octanol–water partition coefficient (Wildman–Crippen LogP) is 2.98. The lowest BCUT2D eigenvalue weighted by molar-refractivity contribution is 0.211. The quantitative estimate of drug-likeness (QED) is 0.907. The highest BCUT2D eigenvalue weighted by atomic mass is 79.9. The average Bonchev–Trinajstić information content (AvgIpc) is 2.88. The highest BCUT2D eigenvalue weighted by Gasteiger charge is 2.31. The zero-order chi connectivity index (χ0) is 13.4. The van der Waals surface area contributed by atoms with Crippen LogP contribution in [0.2, 0.25) is 0 Å². The molecule has 0 radical (unpaired) electrons. The van der Waals surface area contributed by atoms with Crippen LogP contribution in [0.15, 0.2) is 22.7 Å². The van der Waals surface area contributed by atoms with Gasteiger partial charge in [-0.2, -0.15) is 0 Å². The third-order valence-corrected chi connectivity index (χ3v) is 5.38. The van der Waals surface area contributed by atoms with Gasteiger partial charge in [-0.3, -0.25) is 4.90 Å². The Hall–Kier alpha value is -0.380. The highest BCUT2D eigenvalue weighted by molar-refractivity contribution is 9.10. The van der Waals surface area contributed by atoms with Gasteiger partial charge < -0.3 is 5.73 Å². The molecule has 3 heteroatoms. The van der Waals surface area contributed by atoms with E-state index >= 15 is 0 Å². The van der Waals surface area contributed by atoms with Crippen LogP contribution in [0, 0.1) is 5.92 Å². The minimum atomic E-state index is 0.344. The minimum absolute atomic E-state index is 0.344. The van der Waals surface area contributed by atoms with Crippen molar-refractivity contribution in [1.29, 1.82) is 0 Å². The second-order valence-corrected chi connectivity index (χ2v) is 7.13. The summed E-state index contributed by atoms with van der Waals surface area (Å²) in [6.07, 6.45) is 5.02. The van der Waals surface area contributed by atoms with Gasteiger partial charge in [0.1, 0.15) is 0 Å². The lowest BCUT2D eigenvalue weighted by Gasteiger charge is -2.32. The van der Waals surface area contributed by atoms with Gasteiger partial charge in [0.05, 0.1) is 0 Å². The van der Waals surface area contributed by atoms with E-state index in [1.54, 1.807) is 5.56 Å². The van der Waals surface area contributed by atoms with Crippen LogP contribution in [0.4, 0.5) is 0 Å². The van der Waals surface area contributed by atoms with Crippen molar-refractivity contribution in [3.63, 3.8) is 0 Å². The molecule has 1 aliphatic heterocycles. The third kappa shape index (κ3) is 2.88. The van der Waals surface area contributed by atoms with Crippen molar-refractivity contribution in [2.24, 2.45) is 11.7 Å². The van der Waals surface area contributed by atoms with Crippen LogP contribution in [0.5, 0.6) is 0 Å². The second-order valence-electron chi connectivity index (χ2n) is 6.21. The number of nitrogens with zero attached hydrogens (tertiary/aromatic N) is 1. The van der Waals surface area contributed by atoms with Gasteiger partial charge in [0, 0.05) is 23.1 Å². The number of nitrogens with two attached hydrogens (primary N) is 1. The summed E-state index contributed by atoms with van der Waals surface area (Å²) in [6.45, 7) is 4.60. The fourth-order valence-electron chi connectivity index (χ4n) is 3.59. The van der Waals surface area contributed by atoms with Crippen molar-refractivity contribution in [3.05, 3.63) is 33.8 Å². The van der Waals surface area contributed by atoms with E-state index in [-0.39, 0.29) is 0 Å². The van der Waals surface area contributed by atoms with Gasteiger partial charge >= 0.3 is 0 Å². The first kappa shape index (κ1) is 13.6. The average molecular weight is 323 g/mol. The van der Waals surface area contributed by atoms with E-state index < -0.39 is 0 Å². The Morgan fingerprint density at radius 1 is 1.32 bits per heavy atom. The minimum Gasteiger partial charge on any atom is -0.328 e. The summed E-state index contributed by atoms with van der Waals surface area (Å²) in [5.41, 5.74) is 9.13. The summed E-state index contributed by atoms with van der Waals surface area (Å²) in [5, 5.41) is 0. The molecule has 1 fully saturated rings. The number of benzene rings is 1. The van der Waals surface area contributed by atoms with Crippen molar-refractivity contribution in [3.8, 4) is 0 Å². The molecule has 19 heavy (non-hydrogen) atoms. The lowest BCUT2D eigenvalue weighted by Crippen LogP contribution is -2.39. The molecule has 1 saturated heterocycles. The van der Waals surface area contributed by atoms with Crippen LogP contribution >= 0.6 is 15.9 Å². The molecule has 0 bridgehead atoms. The summed E-state index contributed by atoms with van der Waals surface area (Å²) in [5.74, 6) is 0.700. The van der Waals surface area contributed by atoms with E-state index in [0.717, 1.165) is 6.04 Å². The summed E-state index contributed by atoms with van der Waals surface area (Å²) >= 11 is 3.57. The van der Waals surface area contributed by atoms with E-state index in [2.05, 4.69) is 46.0 Å². The Balaban J connectivity index is 1.68. The maximum atomic E-state index is 6.05. The van der Waals surface area contributed by atoms with Gasteiger partial charge in [0.15, 0.2) is 0 Å². The van der Waals surface area contributed by atoms with Crippen LogP contribution in [0.25, 0.3) is 0 Å². The third-order valence-electron chi connectivity index (χ3n) is 4.89. The van der Waals surface area contributed by atoms with Crippen LogP contribution in [-0.2, 0) is 12.8 Å². The normalized spacial score (nSPS) is 29.2. The van der Waals surface area contributed by atoms with Gasteiger partial charge in [0.25, 0.3) is 0 Å². The van der Waals surface area contributed by atoms with Gasteiger partial charge in [-0.25, -0.2) is 0 Å². The van der Waals surface area contributed by atoms with Gasteiger partial charge in [0.2, 0.25) is 0 Å². The molecule has 3 unspecified atom stereocenters. The van der Waals surface area contributed by atoms with Crippen molar-refractivity contribution in [1.82, 2.24) is 4.90 Å². The molecule has 2 N–H and O–H groups in total. The van der Waals surface area contributed by atoms with Gasteiger partial charge in [-0.05, 0) is 68.3 Å². The van der Waals surface area contributed by atoms with Crippen LogP contribution in [0.1, 0.15) is 30.9 Å². The van der Waals surface area contributed by atoms with E-state index in [4.69, 9.17) is 5.73 Å². The Morgan fingerprint density at radius 3 is 2.89 bits per heavy atom. The van der Waals surface area contributed by atoms with Crippen LogP contribution < -0.4 is 5.73 Å². The molecule has 1 aliphatic carbocycles. The molecule has 0 aromatic heterocycles. The van der Waals surface area contributed by atoms with Crippen molar-refractivity contribution >= 4 is 15.9 Å². The largest absolute Gasteiger partial charge is 0.328 e. The van der Waals surface area contributed by atoms with E-state index in [1.165, 1.54) is 48.8 Å². The molecule has 0 spiro atoms. The monoisotopic (exact) mass is 322 g/mol. The van der Waals surface area contributed by atoms with E-state index in [1.807, 2.05) is 0 Å². The zero-order valence-electron chi connectivity index (χ0n) is 11.6. The second kappa shape index (κ2) is 5.55. The molecule has 2 aliphatic rings. The number of likely N-dealkylation sites (tertiary alicyclic amines) is 1. The molecule has 2 nitrogen and oxygen atoms in total. The predicted molar refractivity (Wildman–Crippen MR) is 83.3 cm³/mol. The standard InChI is InChI=1S/C16H23BrN2/c1-11(18)14-6-7-19(10-14)16-5-3-12-8-15(17)4-2-13(12)9-16/h2,4,8,11,14,16H,3,5-7,9-10,18H2,1H3. The topological polar surface area (TPSA) is 29.3 Å². The molecule has 1 aromatic carbocycles. The van der Waals surface area contributed by atoms with Gasteiger partial charge in [-0.1, -0.05) is 22.0 Å².